The molecule has 1 fully saturated rings. The van der Waals surface area contributed by atoms with E-state index in [1.165, 1.54) is 32.8 Å². The molecule has 1 aromatic rings. The fraction of sp³-hybridized carbons (Fsp3) is 0.765. The molecule has 21 heavy (non-hydrogen) atoms. The van der Waals surface area contributed by atoms with Crippen molar-refractivity contribution >= 4 is 5.97 Å². The van der Waals surface area contributed by atoms with Crippen LogP contribution in [0.2, 0.25) is 0 Å². The Balaban J connectivity index is 0.00000106. The summed E-state index contributed by atoms with van der Waals surface area (Å²) in [4.78, 5) is 11.8. The zero-order valence-corrected chi connectivity index (χ0v) is 14.1. The number of carbonyl (C=O) groups excluding carboxylic acids is 1. The molecule has 1 aromatic heterocycles. The molecule has 2 rings (SSSR count). The number of ether oxygens (including phenoxy) is 1. The minimum atomic E-state index is -0.329. The Morgan fingerprint density at radius 1 is 1.19 bits per heavy atom. The Kier molecular flexibility index (Phi) is 7.48. The molecule has 1 aliphatic rings. The van der Waals surface area contributed by atoms with E-state index in [2.05, 4.69) is 12.1 Å². The van der Waals surface area contributed by atoms with Crippen molar-refractivity contribution in [3.05, 3.63) is 17.0 Å². The van der Waals surface area contributed by atoms with Gasteiger partial charge in [-0.15, -0.1) is 0 Å². The van der Waals surface area contributed by atoms with Crippen LogP contribution in [0.15, 0.2) is 4.52 Å². The minimum absolute atomic E-state index is 0.308. The highest BCUT2D eigenvalue weighted by atomic mass is 16.5. The molecule has 0 radical (unpaired) electrons. The largest absolute Gasteiger partial charge is 0.465 e. The van der Waals surface area contributed by atoms with Gasteiger partial charge < -0.3 is 9.26 Å². The summed E-state index contributed by atoms with van der Waals surface area (Å²) in [7, 11) is 1.40. The minimum Gasteiger partial charge on any atom is -0.465 e. The number of hydrogen-bond acceptors (Lipinski definition) is 4. The van der Waals surface area contributed by atoms with Gasteiger partial charge in [0.15, 0.2) is 5.76 Å². The Labute approximate surface area is 128 Å². The lowest BCUT2D eigenvalue weighted by molar-refractivity contribution is 0.0596. The van der Waals surface area contributed by atoms with Crippen molar-refractivity contribution in [3.8, 4) is 0 Å². The average molecular weight is 295 g/mol. The summed E-state index contributed by atoms with van der Waals surface area (Å²) in [6, 6.07) is 0. The van der Waals surface area contributed by atoms with Crippen LogP contribution in [0.5, 0.6) is 0 Å². The second kappa shape index (κ2) is 8.85. The first-order valence-corrected chi connectivity index (χ1v) is 8.18. The molecular formula is C17H29NO3. The summed E-state index contributed by atoms with van der Waals surface area (Å²) in [6.07, 6.45) is 7.04. The van der Waals surface area contributed by atoms with Crippen LogP contribution >= 0.6 is 0 Å². The van der Waals surface area contributed by atoms with E-state index < -0.39 is 0 Å². The summed E-state index contributed by atoms with van der Waals surface area (Å²) in [5.74, 6) is 1.53. The van der Waals surface area contributed by atoms with Crippen molar-refractivity contribution in [3.63, 3.8) is 0 Å². The maximum atomic E-state index is 11.8. The van der Waals surface area contributed by atoms with Gasteiger partial charge in [-0.2, -0.15) is 0 Å². The molecule has 4 nitrogen and oxygen atoms in total. The number of esters is 1. The Bertz CT molecular complexity index is 429. The van der Waals surface area contributed by atoms with E-state index in [0.29, 0.717) is 17.2 Å². The van der Waals surface area contributed by atoms with E-state index in [1.54, 1.807) is 6.92 Å². The zero-order chi connectivity index (χ0) is 15.8. The number of carbonyl (C=O) groups is 1. The van der Waals surface area contributed by atoms with Crippen LogP contribution in [0.3, 0.4) is 0 Å². The third-order valence-corrected chi connectivity index (χ3v) is 4.15. The first-order chi connectivity index (χ1) is 10.1. The molecule has 0 amide bonds. The van der Waals surface area contributed by atoms with Crippen LogP contribution in [0.1, 0.15) is 87.0 Å². The predicted octanol–water partition coefficient (Wildman–Crippen LogP) is 4.87. The Morgan fingerprint density at radius 3 is 2.29 bits per heavy atom. The molecular weight excluding hydrogens is 266 g/mol. The van der Waals surface area contributed by atoms with Gasteiger partial charge >= 0.3 is 5.97 Å². The summed E-state index contributed by atoms with van der Waals surface area (Å²) >= 11 is 0. The van der Waals surface area contributed by atoms with Crippen LogP contribution in [-0.4, -0.2) is 18.2 Å². The smallest absolute Gasteiger partial charge is 0.343 e. The van der Waals surface area contributed by atoms with E-state index in [-0.39, 0.29) is 5.97 Å². The number of nitrogens with zero attached hydrogens (tertiary/aromatic N) is 1. The fourth-order valence-corrected chi connectivity index (χ4v) is 2.99. The first-order valence-electron chi connectivity index (χ1n) is 8.18. The first kappa shape index (κ1) is 17.7. The summed E-state index contributed by atoms with van der Waals surface area (Å²) < 4.78 is 10.3. The van der Waals surface area contributed by atoms with Crippen molar-refractivity contribution < 1.29 is 14.1 Å². The molecule has 0 bridgehead atoms. The highest BCUT2D eigenvalue weighted by Crippen LogP contribution is 2.35. The number of aryl methyl sites for hydroxylation is 1. The standard InChI is InChI=1S/C15H23NO3.C2H6/c1-10-6-4-8-12(9-5-7-10)14-13(15(17)18-3)11(2)16-19-14;1-2/h10,12H,4-9H2,1-3H3;1-2H3. The number of rotatable bonds is 2. The topological polar surface area (TPSA) is 52.3 Å². The molecule has 1 aliphatic carbocycles. The summed E-state index contributed by atoms with van der Waals surface area (Å²) in [5.41, 5.74) is 1.18. The predicted molar refractivity (Wildman–Crippen MR) is 83.5 cm³/mol. The molecule has 0 spiro atoms. The van der Waals surface area contributed by atoms with Gasteiger partial charge in [0.05, 0.1) is 12.8 Å². The van der Waals surface area contributed by atoms with E-state index in [0.717, 1.165) is 24.5 Å². The van der Waals surface area contributed by atoms with Crippen LogP contribution in [0.25, 0.3) is 0 Å². The Morgan fingerprint density at radius 2 is 1.76 bits per heavy atom. The molecule has 0 atom stereocenters. The van der Waals surface area contributed by atoms with Crippen LogP contribution < -0.4 is 0 Å². The zero-order valence-electron chi connectivity index (χ0n) is 14.1. The average Bonchev–Trinajstić information content (AvgIpc) is 2.86. The SMILES string of the molecule is CC.COC(=O)c1c(C)noc1C1CCCC(C)CCC1. The quantitative estimate of drug-likeness (QED) is 0.730. The molecule has 1 heterocycles. The molecule has 120 valence electrons. The maximum absolute atomic E-state index is 11.8. The van der Waals surface area contributed by atoms with Gasteiger partial charge in [-0.3, -0.25) is 0 Å². The van der Waals surface area contributed by atoms with E-state index in [4.69, 9.17) is 9.26 Å². The van der Waals surface area contributed by atoms with Crippen molar-refractivity contribution in [2.24, 2.45) is 5.92 Å². The second-order valence-electron chi connectivity index (χ2n) is 5.66. The van der Waals surface area contributed by atoms with Gasteiger partial charge in [-0.05, 0) is 25.7 Å². The fourth-order valence-electron chi connectivity index (χ4n) is 2.99. The second-order valence-corrected chi connectivity index (χ2v) is 5.66. The van der Waals surface area contributed by atoms with Crippen molar-refractivity contribution in [1.82, 2.24) is 5.16 Å². The lowest BCUT2D eigenvalue weighted by atomic mass is 9.84. The molecule has 0 saturated heterocycles. The van der Waals surface area contributed by atoms with Crippen molar-refractivity contribution in [1.29, 1.82) is 0 Å². The number of methoxy groups -OCH3 is 1. The normalized spacial score (nSPS) is 22.5. The van der Waals surface area contributed by atoms with Crippen molar-refractivity contribution in [2.75, 3.05) is 7.11 Å². The summed E-state index contributed by atoms with van der Waals surface area (Å²) in [6.45, 7) is 8.11. The van der Waals surface area contributed by atoms with Crippen LogP contribution in [0, 0.1) is 12.8 Å². The maximum Gasteiger partial charge on any atom is 0.343 e. The van der Waals surface area contributed by atoms with Gasteiger partial charge in [0.25, 0.3) is 0 Å². The van der Waals surface area contributed by atoms with E-state index >= 15 is 0 Å². The number of hydrogen-bond donors (Lipinski definition) is 0. The highest BCUT2D eigenvalue weighted by molar-refractivity contribution is 5.91. The lowest BCUT2D eigenvalue weighted by Crippen LogP contribution is -2.11. The molecule has 0 aromatic carbocycles. The lowest BCUT2D eigenvalue weighted by Gasteiger charge is -2.21. The molecule has 0 N–H and O–H groups in total. The third-order valence-electron chi connectivity index (χ3n) is 4.15. The molecule has 0 unspecified atom stereocenters. The molecule has 1 saturated carbocycles. The van der Waals surface area contributed by atoms with E-state index in [1.807, 2.05) is 13.8 Å². The van der Waals surface area contributed by atoms with Gasteiger partial charge in [-0.1, -0.05) is 51.6 Å². The van der Waals surface area contributed by atoms with Gasteiger partial charge in [0, 0.05) is 5.92 Å². The summed E-state index contributed by atoms with van der Waals surface area (Å²) in [5, 5.41) is 3.95. The van der Waals surface area contributed by atoms with Gasteiger partial charge in [-0.25, -0.2) is 4.79 Å². The molecule has 4 heteroatoms. The van der Waals surface area contributed by atoms with Gasteiger partial charge in [0.2, 0.25) is 0 Å². The Hall–Kier alpha value is -1.32. The number of aromatic nitrogens is 1. The monoisotopic (exact) mass is 295 g/mol. The van der Waals surface area contributed by atoms with Crippen LogP contribution in [0.4, 0.5) is 0 Å². The highest BCUT2D eigenvalue weighted by Gasteiger charge is 2.28. The van der Waals surface area contributed by atoms with Crippen molar-refractivity contribution in [2.45, 2.75) is 72.1 Å². The van der Waals surface area contributed by atoms with Gasteiger partial charge in [0.1, 0.15) is 5.56 Å². The van der Waals surface area contributed by atoms with E-state index in [9.17, 15) is 4.79 Å². The molecule has 0 aliphatic heterocycles. The third kappa shape index (κ3) is 4.58. The van der Waals surface area contributed by atoms with Crippen LogP contribution in [-0.2, 0) is 4.74 Å².